The third kappa shape index (κ3) is 6.29. The Balaban J connectivity index is 1.78. The smallest absolute Gasteiger partial charge is 0.409 e. The summed E-state index contributed by atoms with van der Waals surface area (Å²) in [7, 11) is 1.67. The number of fused-ring (bicyclic) bond motifs is 1. The quantitative estimate of drug-likeness (QED) is 0.512. The number of nitrogens with zero attached hydrogens (tertiary/aromatic N) is 2. The third-order valence-corrected chi connectivity index (χ3v) is 6.28. The standard InChI is InChI=1S/C25H32ClN5O4/c1-14(2)21(30-23(32)16(4)27-5)24(33)31-20(12-17-7-6-10-28-22(17)31)35-25(34)29-13-18-11-19(26)9-8-15(18)3/h6-11,14,16,20-21,27H,12-13H2,1-5H3,(H,29,34)(H,30,32)/t16-,20-,21-/m0/s1. The maximum Gasteiger partial charge on any atom is 0.409 e. The van der Waals surface area contributed by atoms with Crippen molar-refractivity contribution in [2.75, 3.05) is 11.9 Å². The van der Waals surface area contributed by atoms with E-state index in [0.29, 0.717) is 17.3 Å². The van der Waals surface area contributed by atoms with Gasteiger partial charge in [0.1, 0.15) is 11.9 Å². The minimum absolute atomic E-state index is 0.205. The summed E-state index contributed by atoms with van der Waals surface area (Å²) in [5.74, 6) is -0.476. The molecule has 3 rings (SSSR count). The molecule has 1 aromatic heterocycles. The summed E-state index contributed by atoms with van der Waals surface area (Å²) in [6.45, 7) is 7.55. The SMILES string of the molecule is CN[C@@H](C)C(=O)N[C@H](C(=O)N1c2ncccc2C[C@@H]1OC(=O)NCc1cc(Cl)ccc1C)C(C)C. The second kappa shape index (κ2) is 11.5. The number of carbonyl (C=O) groups is 3. The number of rotatable bonds is 8. The lowest BCUT2D eigenvalue weighted by Gasteiger charge is -2.31. The largest absolute Gasteiger partial charge is 0.425 e. The first-order valence-corrected chi connectivity index (χ1v) is 11.9. The number of hydrogen-bond acceptors (Lipinski definition) is 6. The maximum atomic E-state index is 13.7. The van der Waals surface area contributed by atoms with Gasteiger partial charge in [0.15, 0.2) is 6.23 Å². The zero-order chi connectivity index (χ0) is 25.7. The first kappa shape index (κ1) is 26.4. The Kier molecular flexibility index (Phi) is 8.69. The zero-order valence-electron chi connectivity index (χ0n) is 20.6. The molecule has 3 N–H and O–H groups in total. The zero-order valence-corrected chi connectivity index (χ0v) is 21.3. The Morgan fingerprint density at radius 2 is 1.97 bits per heavy atom. The molecule has 0 saturated carbocycles. The van der Waals surface area contributed by atoms with Crippen LogP contribution in [0.15, 0.2) is 36.5 Å². The summed E-state index contributed by atoms with van der Waals surface area (Å²) in [6.07, 6.45) is 0.307. The van der Waals surface area contributed by atoms with Crippen molar-refractivity contribution in [3.8, 4) is 0 Å². The normalized spacial score (nSPS) is 16.4. The number of nitrogens with one attached hydrogen (secondary N) is 3. The number of benzene rings is 1. The van der Waals surface area contributed by atoms with Gasteiger partial charge in [-0.2, -0.15) is 0 Å². The predicted molar refractivity (Wildman–Crippen MR) is 134 cm³/mol. The van der Waals surface area contributed by atoms with E-state index >= 15 is 0 Å². The van der Waals surface area contributed by atoms with E-state index in [2.05, 4.69) is 20.9 Å². The number of hydrogen-bond donors (Lipinski definition) is 3. The van der Waals surface area contributed by atoms with Gasteiger partial charge in [-0.1, -0.05) is 37.6 Å². The topological polar surface area (TPSA) is 113 Å². The molecule has 188 valence electrons. The fraction of sp³-hybridized carbons (Fsp3) is 0.440. The minimum Gasteiger partial charge on any atom is -0.425 e. The van der Waals surface area contributed by atoms with E-state index in [4.69, 9.17) is 16.3 Å². The van der Waals surface area contributed by atoms with Gasteiger partial charge in [-0.15, -0.1) is 0 Å². The first-order chi connectivity index (χ1) is 16.6. The number of halogens is 1. The van der Waals surface area contributed by atoms with Crippen LogP contribution < -0.4 is 20.9 Å². The molecule has 2 heterocycles. The summed E-state index contributed by atoms with van der Waals surface area (Å²) >= 11 is 6.07. The summed E-state index contributed by atoms with van der Waals surface area (Å²) in [5.41, 5.74) is 2.62. The molecule has 1 aliphatic rings. The van der Waals surface area contributed by atoms with Crippen molar-refractivity contribution in [2.45, 2.75) is 59.0 Å². The van der Waals surface area contributed by atoms with Gasteiger partial charge in [0.05, 0.1) is 6.04 Å². The van der Waals surface area contributed by atoms with Gasteiger partial charge in [-0.25, -0.2) is 9.78 Å². The van der Waals surface area contributed by atoms with Crippen LogP contribution in [0.3, 0.4) is 0 Å². The molecule has 2 aromatic rings. The number of aryl methyl sites for hydroxylation is 1. The predicted octanol–water partition coefficient (Wildman–Crippen LogP) is 2.93. The number of pyridine rings is 1. The van der Waals surface area contributed by atoms with Gasteiger partial charge in [0.2, 0.25) is 5.91 Å². The maximum absolute atomic E-state index is 13.7. The molecule has 3 atom stereocenters. The fourth-order valence-electron chi connectivity index (χ4n) is 3.80. The van der Waals surface area contributed by atoms with E-state index < -0.39 is 30.3 Å². The van der Waals surface area contributed by atoms with Crippen LogP contribution >= 0.6 is 11.6 Å². The molecule has 1 aromatic carbocycles. The van der Waals surface area contributed by atoms with Gasteiger partial charge in [-0.3, -0.25) is 14.5 Å². The van der Waals surface area contributed by atoms with Crippen LogP contribution in [0, 0.1) is 12.8 Å². The van der Waals surface area contributed by atoms with E-state index in [9.17, 15) is 14.4 Å². The Hall–Kier alpha value is -3.17. The number of alkyl carbamates (subject to hydrolysis) is 1. The Morgan fingerprint density at radius 3 is 2.66 bits per heavy atom. The summed E-state index contributed by atoms with van der Waals surface area (Å²) < 4.78 is 5.68. The molecule has 3 amide bonds. The van der Waals surface area contributed by atoms with Crippen LogP contribution in [0.5, 0.6) is 0 Å². The summed E-state index contributed by atoms with van der Waals surface area (Å²) in [4.78, 5) is 44.6. The molecular formula is C25H32ClN5O4. The lowest BCUT2D eigenvalue weighted by Crippen LogP contribution is -2.56. The van der Waals surface area contributed by atoms with E-state index in [1.165, 1.54) is 4.90 Å². The highest BCUT2D eigenvalue weighted by atomic mass is 35.5. The molecular weight excluding hydrogens is 470 g/mol. The van der Waals surface area contributed by atoms with Crippen LogP contribution in [0.4, 0.5) is 10.6 Å². The average molecular weight is 502 g/mol. The molecule has 9 nitrogen and oxygen atoms in total. The van der Waals surface area contributed by atoms with Crippen molar-refractivity contribution in [1.82, 2.24) is 20.9 Å². The summed E-state index contributed by atoms with van der Waals surface area (Å²) in [5, 5.41) is 8.99. The highest BCUT2D eigenvalue weighted by Gasteiger charge is 2.41. The second-order valence-electron chi connectivity index (χ2n) is 8.92. The number of aromatic nitrogens is 1. The van der Waals surface area contributed by atoms with Crippen LogP contribution in [-0.4, -0.2) is 48.3 Å². The number of likely N-dealkylation sites (N-methyl/N-ethyl adjacent to an activating group) is 1. The van der Waals surface area contributed by atoms with Gasteiger partial charge in [0.25, 0.3) is 5.91 Å². The lowest BCUT2D eigenvalue weighted by molar-refractivity contribution is -0.130. The van der Waals surface area contributed by atoms with Crippen LogP contribution in [0.2, 0.25) is 5.02 Å². The molecule has 0 radical (unpaired) electrons. The van der Waals surface area contributed by atoms with Gasteiger partial charge < -0.3 is 20.7 Å². The Labute approximate surface area is 210 Å². The van der Waals surface area contributed by atoms with Crippen molar-refractivity contribution in [3.63, 3.8) is 0 Å². The highest BCUT2D eigenvalue weighted by Crippen LogP contribution is 2.32. The molecule has 10 heteroatoms. The minimum atomic E-state index is -0.896. The molecule has 0 bridgehead atoms. The highest BCUT2D eigenvalue weighted by molar-refractivity contribution is 6.30. The average Bonchev–Trinajstić information content (AvgIpc) is 3.19. The lowest BCUT2D eigenvalue weighted by atomic mass is 10.0. The van der Waals surface area contributed by atoms with Crippen molar-refractivity contribution in [3.05, 3.63) is 58.2 Å². The molecule has 0 aliphatic carbocycles. The van der Waals surface area contributed by atoms with Crippen molar-refractivity contribution in [2.24, 2.45) is 5.92 Å². The molecule has 0 spiro atoms. The molecule has 1 aliphatic heterocycles. The van der Waals surface area contributed by atoms with Crippen LogP contribution in [0.25, 0.3) is 0 Å². The van der Waals surface area contributed by atoms with Gasteiger partial charge >= 0.3 is 6.09 Å². The van der Waals surface area contributed by atoms with Crippen molar-refractivity contribution < 1.29 is 19.1 Å². The number of ether oxygens (including phenoxy) is 1. The van der Waals surface area contributed by atoms with E-state index in [-0.39, 0.29) is 18.4 Å². The second-order valence-corrected chi connectivity index (χ2v) is 9.36. The Morgan fingerprint density at radius 1 is 1.23 bits per heavy atom. The number of carbonyl (C=O) groups excluding carboxylic acids is 3. The van der Waals surface area contributed by atoms with E-state index in [1.807, 2.05) is 32.9 Å². The number of amides is 3. The van der Waals surface area contributed by atoms with Crippen molar-refractivity contribution >= 4 is 35.3 Å². The van der Waals surface area contributed by atoms with Crippen LogP contribution in [-0.2, 0) is 27.3 Å². The number of anilines is 1. The van der Waals surface area contributed by atoms with E-state index in [1.54, 1.807) is 38.4 Å². The Bertz CT molecular complexity index is 1090. The van der Waals surface area contributed by atoms with E-state index in [0.717, 1.165) is 16.7 Å². The monoisotopic (exact) mass is 501 g/mol. The molecule has 35 heavy (non-hydrogen) atoms. The van der Waals surface area contributed by atoms with Gasteiger partial charge in [-0.05, 0) is 56.1 Å². The fourth-order valence-corrected chi connectivity index (χ4v) is 3.99. The summed E-state index contributed by atoms with van der Waals surface area (Å²) in [6, 6.07) is 7.75. The molecule has 0 saturated heterocycles. The first-order valence-electron chi connectivity index (χ1n) is 11.6. The van der Waals surface area contributed by atoms with Crippen molar-refractivity contribution in [1.29, 1.82) is 0 Å². The molecule has 0 fully saturated rings. The molecule has 0 unspecified atom stereocenters. The van der Waals surface area contributed by atoms with Gasteiger partial charge in [0, 0.05) is 29.7 Å². The van der Waals surface area contributed by atoms with Crippen LogP contribution in [0.1, 0.15) is 37.5 Å². The third-order valence-electron chi connectivity index (χ3n) is 6.05.